The molecule has 0 radical (unpaired) electrons. The van der Waals surface area contributed by atoms with Gasteiger partial charge in [0.2, 0.25) is 6.79 Å². The molecule has 0 bridgehead atoms. The monoisotopic (exact) mass is 375 g/mol. The number of hydrogen-bond acceptors (Lipinski definition) is 4. The molecule has 1 saturated heterocycles. The SMILES string of the molecule is Cl.O=C(Nc1ccccc1)N1CCN(Cc2ccc3c(c2)OCO3)CC1. The van der Waals surface area contributed by atoms with Gasteiger partial charge in [0.1, 0.15) is 0 Å². The van der Waals surface area contributed by atoms with Crippen LogP contribution in [0.15, 0.2) is 48.5 Å². The lowest BCUT2D eigenvalue weighted by atomic mass is 10.1. The lowest BCUT2D eigenvalue weighted by Crippen LogP contribution is -2.49. The van der Waals surface area contributed by atoms with E-state index in [1.807, 2.05) is 47.4 Å². The van der Waals surface area contributed by atoms with E-state index in [1.54, 1.807) is 0 Å². The van der Waals surface area contributed by atoms with Crippen molar-refractivity contribution in [3.63, 3.8) is 0 Å². The maximum atomic E-state index is 12.3. The Labute approximate surface area is 159 Å². The van der Waals surface area contributed by atoms with Crippen LogP contribution in [0.25, 0.3) is 0 Å². The highest BCUT2D eigenvalue weighted by molar-refractivity contribution is 5.89. The number of ether oxygens (including phenoxy) is 2. The van der Waals surface area contributed by atoms with Crippen molar-refractivity contribution in [2.24, 2.45) is 0 Å². The largest absolute Gasteiger partial charge is 0.454 e. The summed E-state index contributed by atoms with van der Waals surface area (Å²) >= 11 is 0. The molecule has 2 amide bonds. The summed E-state index contributed by atoms with van der Waals surface area (Å²) in [7, 11) is 0. The number of nitrogens with one attached hydrogen (secondary N) is 1. The average molecular weight is 376 g/mol. The van der Waals surface area contributed by atoms with E-state index in [9.17, 15) is 4.79 Å². The molecule has 26 heavy (non-hydrogen) atoms. The summed E-state index contributed by atoms with van der Waals surface area (Å²) < 4.78 is 10.8. The van der Waals surface area contributed by atoms with Crippen molar-refractivity contribution >= 4 is 24.1 Å². The lowest BCUT2D eigenvalue weighted by Gasteiger charge is -2.34. The molecule has 2 aromatic carbocycles. The van der Waals surface area contributed by atoms with Gasteiger partial charge in [-0.05, 0) is 29.8 Å². The fourth-order valence-electron chi connectivity index (χ4n) is 3.13. The van der Waals surface area contributed by atoms with Crippen molar-refractivity contribution in [1.82, 2.24) is 9.80 Å². The molecule has 2 aliphatic heterocycles. The zero-order valence-corrected chi connectivity index (χ0v) is 15.2. The van der Waals surface area contributed by atoms with E-state index in [4.69, 9.17) is 9.47 Å². The molecule has 2 aliphatic rings. The first-order valence-electron chi connectivity index (χ1n) is 8.50. The van der Waals surface area contributed by atoms with Gasteiger partial charge in [0, 0.05) is 38.4 Å². The molecule has 138 valence electrons. The van der Waals surface area contributed by atoms with Crippen molar-refractivity contribution < 1.29 is 14.3 Å². The minimum Gasteiger partial charge on any atom is -0.454 e. The maximum absolute atomic E-state index is 12.3. The number of urea groups is 1. The summed E-state index contributed by atoms with van der Waals surface area (Å²) in [5, 5.41) is 2.94. The van der Waals surface area contributed by atoms with Gasteiger partial charge in [-0.25, -0.2) is 4.79 Å². The van der Waals surface area contributed by atoms with Crippen LogP contribution in [0, 0.1) is 0 Å². The third kappa shape index (κ3) is 4.20. The van der Waals surface area contributed by atoms with E-state index in [1.165, 1.54) is 5.56 Å². The Morgan fingerprint density at radius 1 is 0.962 bits per heavy atom. The van der Waals surface area contributed by atoms with Crippen molar-refractivity contribution in [3.8, 4) is 11.5 Å². The topological polar surface area (TPSA) is 54.0 Å². The molecular formula is C19H22ClN3O3. The Morgan fingerprint density at radius 3 is 2.46 bits per heavy atom. The third-order valence-electron chi connectivity index (χ3n) is 4.53. The van der Waals surface area contributed by atoms with Gasteiger partial charge in [-0.1, -0.05) is 24.3 Å². The molecule has 0 spiro atoms. The molecule has 6 nitrogen and oxygen atoms in total. The van der Waals surface area contributed by atoms with Crippen LogP contribution in [0.1, 0.15) is 5.56 Å². The number of anilines is 1. The number of rotatable bonds is 3. The minimum atomic E-state index is -0.0334. The minimum absolute atomic E-state index is 0. The number of halogens is 1. The summed E-state index contributed by atoms with van der Waals surface area (Å²) in [5.74, 6) is 1.63. The summed E-state index contributed by atoms with van der Waals surface area (Å²) in [4.78, 5) is 16.5. The van der Waals surface area contributed by atoms with Crippen LogP contribution in [0.5, 0.6) is 11.5 Å². The molecule has 0 saturated carbocycles. The highest BCUT2D eigenvalue weighted by Crippen LogP contribution is 2.32. The van der Waals surface area contributed by atoms with Crippen LogP contribution in [0.4, 0.5) is 10.5 Å². The maximum Gasteiger partial charge on any atom is 0.321 e. The van der Waals surface area contributed by atoms with E-state index in [2.05, 4.69) is 16.3 Å². The Kier molecular flexibility index (Phi) is 5.85. The van der Waals surface area contributed by atoms with Crippen LogP contribution in [0.3, 0.4) is 0 Å². The second-order valence-corrected chi connectivity index (χ2v) is 6.25. The Bertz CT molecular complexity index is 749. The zero-order valence-electron chi connectivity index (χ0n) is 14.4. The Balaban J connectivity index is 0.00000196. The molecule has 7 heteroatoms. The molecule has 4 rings (SSSR count). The normalized spacial score (nSPS) is 16.1. The first kappa shape index (κ1) is 18.4. The first-order valence-corrected chi connectivity index (χ1v) is 8.50. The highest BCUT2D eigenvalue weighted by Gasteiger charge is 2.22. The van der Waals surface area contributed by atoms with Gasteiger partial charge < -0.3 is 19.7 Å². The van der Waals surface area contributed by atoms with Gasteiger partial charge in [-0.2, -0.15) is 0 Å². The number of hydrogen-bond donors (Lipinski definition) is 1. The van der Waals surface area contributed by atoms with Crippen molar-refractivity contribution in [2.75, 3.05) is 38.3 Å². The number of amides is 2. The summed E-state index contributed by atoms with van der Waals surface area (Å²) in [6.07, 6.45) is 0. The van der Waals surface area contributed by atoms with Crippen LogP contribution in [0.2, 0.25) is 0 Å². The van der Waals surface area contributed by atoms with Crippen molar-refractivity contribution in [3.05, 3.63) is 54.1 Å². The van der Waals surface area contributed by atoms with E-state index in [0.717, 1.165) is 49.9 Å². The zero-order chi connectivity index (χ0) is 17.1. The molecule has 2 aromatic rings. The van der Waals surface area contributed by atoms with Gasteiger partial charge in [0.25, 0.3) is 0 Å². The smallest absolute Gasteiger partial charge is 0.321 e. The summed E-state index contributed by atoms with van der Waals surface area (Å²) in [5.41, 5.74) is 2.03. The molecule has 1 N–H and O–H groups in total. The number of carbonyl (C=O) groups is 1. The summed E-state index contributed by atoms with van der Waals surface area (Å²) in [6.45, 7) is 4.32. The third-order valence-corrected chi connectivity index (χ3v) is 4.53. The van der Waals surface area contributed by atoms with Crippen LogP contribution in [-0.4, -0.2) is 48.8 Å². The standard InChI is InChI=1S/C19H21N3O3.ClH/c23-19(20-16-4-2-1-3-5-16)22-10-8-21(9-11-22)13-15-6-7-17-18(12-15)25-14-24-17;/h1-7,12H,8-11,13-14H2,(H,20,23);1H. The predicted octanol–water partition coefficient (Wildman–Crippen LogP) is 3.19. The molecular weight excluding hydrogens is 354 g/mol. The number of fused-ring (bicyclic) bond motifs is 1. The highest BCUT2D eigenvalue weighted by atomic mass is 35.5. The van der Waals surface area contributed by atoms with Crippen LogP contribution < -0.4 is 14.8 Å². The molecule has 2 heterocycles. The fraction of sp³-hybridized carbons (Fsp3) is 0.316. The van der Waals surface area contributed by atoms with Gasteiger partial charge in [-0.15, -0.1) is 12.4 Å². The summed E-state index contributed by atoms with van der Waals surface area (Å²) in [6, 6.07) is 15.6. The second-order valence-electron chi connectivity index (χ2n) is 6.25. The van der Waals surface area contributed by atoms with Gasteiger partial charge in [0.05, 0.1) is 0 Å². The molecule has 0 aromatic heterocycles. The predicted molar refractivity (Wildman–Crippen MR) is 102 cm³/mol. The molecule has 1 fully saturated rings. The first-order chi connectivity index (χ1) is 12.3. The fourth-order valence-corrected chi connectivity index (χ4v) is 3.13. The second kappa shape index (κ2) is 8.29. The van der Waals surface area contributed by atoms with E-state index in [-0.39, 0.29) is 18.4 Å². The van der Waals surface area contributed by atoms with E-state index >= 15 is 0 Å². The molecule has 0 aliphatic carbocycles. The number of benzene rings is 2. The van der Waals surface area contributed by atoms with Gasteiger partial charge in [0.15, 0.2) is 11.5 Å². The quantitative estimate of drug-likeness (QED) is 0.895. The lowest BCUT2D eigenvalue weighted by molar-refractivity contribution is 0.143. The number of piperazine rings is 1. The average Bonchev–Trinajstić information content (AvgIpc) is 3.11. The number of carbonyl (C=O) groups excluding carboxylic acids is 1. The Morgan fingerprint density at radius 2 is 1.69 bits per heavy atom. The van der Waals surface area contributed by atoms with E-state index < -0.39 is 0 Å². The van der Waals surface area contributed by atoms with Crippen LogP contribution in [-0.2, 0) is 6.54 Å². The number of nitrogens with zero attached hydrogens (tertiary/aromatic N) is 2. The van der Waals surface area contributed by atoms with Crippen LogP contribution >= 0.6 is 12.4 Å². The number of para-hydroxylation sites is 1. The van der Waals surface area contributed by atoms with Crippen molar-refractivity contribution in [2.45, 2.75) is 6.54 Å². The van der Waals surface area contributed by atoms with Gasteiger partial charge >= 0.3 is 6.03 Å². The van der Waals surface area contributed by atoms with Crippen molar-refractivity contribution in [1.29, 1.82) is 0 Å². The molecule has 0 unspecified atom stereocenters. The Hall–Kier alpha value is -2.44. The van der Waals surface area contributed by atoms with E-state index in [0.29, 0.717) is 6.79 Å². The van der Waals surface area contributed by atoms with Gasteiger partial charge in [-0.3, -0.25) is 4.90 Å². The molecule has 0 atom stereocenters.